The minimum Gasteiger partial charge on any atom is -0.456 e. The van der Waals surface area contributed by atoms with Crippen LogP contribution in [0.25, 0.3) is 6.08 Å². The molecule has 0 amide bonds. The number of aliphatic hydroxyl groups is 2. The van der Waals surface area contributed by atoms with Gasteiger partial charge in [0, 0.05) is 23.6 Å². The first kappa shape index (κ1) is 28.5. The van der Waals surface area contributed by atoms with Crippen LogP contribution in [0.4, 0.5) is 0 Å². The molecule has 0 bridgehead atoms. The zero-order valence-corrected chi connectivity index (χ0v) is 22.8. The Labute approximate surface area is 219 Å². The number of aromatic nitrogens is 1. The summed E-state index contributed by atoms with van der Waals surface area (Å²) in [5.41, 5.74) is -0.666. The highest BCUT2D eigenvalue weighted by molar-refractivity contribution is 7.09. The van der Waals surface area contributed by atoms with E-state index in [1.807, 2.05) is 12.3 Å². The lowest BCUT2D eigenvalue weighted by Crippen LogP contribution is -2.46. The van der Waals surface area contributed by atoms with E-state index in [-0.39, 0.29) is 36.4 Å². The average Bonchev–Trinajstić information content (AvgIpc) is 3.22. The standard InChI is InChI=1S/C24H33Cl2NO7S/c1-12-9-32-11-24(26)19(34-24)7-17(16(25)6-15-10-35-14(3)27-15)33-20(29)8-18(28)23(4,5)22(31)13(2)21(12)30/h6,10,12-13,17-19,21,28,30H,7-9,11H2,1-5H3/t12-,13+,17-,18-,19-,21-,24+/m0/s1. The van der Waals surface area contributed by atoms with E-state index < -0.39 is 53.2 Å². The molecule has 3 heterocycles. The van der Waals surface area contributed by atoms with Crippen LogP contribution >= 0.6 is 34.5 Å². The number of rotatable bonds is 2. The fourth-order valence-corrected chi connectivity index (χ4v) is 5.24. The zero-order chi connectivity index (χ0) is 26.1. The number of fused-ring (bicyclic) bond motifs is 1. The third-order valence-electron chi connectivity index (χ3n) is 6.71. The van der Waals surface area contributed by atoms with Gasteiger partial charge in [0.05, 0.1) is 53.0 Å². The molecule has 1 aromatic rings. The molecule has 35 heavy (non-hydrogen) atoms. The normalized spacial score (nSPS) is 37.5. The Bertz CT molecular complexity index is 967. The molecule has 3 rings (SSSR count). The molecular formula is C24H33Cl2NO7S. The van der Waals surface area contributed by atoms with Gasteiger partial charge in [-0.05, 0) is 13.0 Å². The van der Waals surface area contributed by atoms with Gasteiger partial charge < -0.3 is 24.4 Å². The van der Waals surface area contributed by atoms with E-state index in [9.17, 15) is 19.8 Å². The molecule has 7 atom stereocenters. The summed E-state index contributed by atoms with van der Waals surface area (Å²) in [6.45, 7) is 8.55. The second kappa shape index (κ2) is 11.1. The predicted octanol–water partition coefficient (Wildman–Crippen LogP) is 3.68. The van der Waals surface area contributed by atoms with Crippen LogP contribution in [0, 0.1) is 24.2 Å². The average molecular weight is 551 g/mol. The van der Waals surface area contributed by atoms with Gasteiger partial charge in [-0.25, -0.2) is 4.98 Å². The number of hydrogen-bond donors (Lipinski definition) is 2. The first-order valence-corrected chi connectivity index (χ1v) is 13.2. The number of esters is 1. The second-order valence-corrected chi connectivity index (χ2v) is 12.1. The van der Waals surface area contributed by atoms with Gasteiger partial charge in [-0.3, -0.25) is 9.59 Å². The first-order chi connectivity index (χ1) is 16.2. The van der Waals surface area contributed by atoms with Crippen LogP contribution in [0.2, 0.25) is 0 Å². The molecule has 2 N–H and O–H groups in total. The molecule has 2 aliphatic rings. The molecule has 196 valence electrons. The number of aryl methyl sites for hydroxylation is 1. The van der Waals surface area contributed by atoms with Gasteiger partial charge >= 0.3 is 5.97 Å². The maximum absolute atomic E-state index is 13.1. The number of carbonyl (C=O) groups is 2. The highest BCUT2D eigenvalue weighted by Gasteiger charge is 2.57. The SMILES string of the molecule is Cc1nc(C=C(Cl)[C@@H]2C[C@@H]3O[C@]3(Cl)COC[C@H](C)[C@H](O)[C@@H](C)C(=O)C(C)(C)[C@@H](O)CC(=O)O2)cs1. The van der Waals surface area contributed by atoms with Crippen molar-refractivity contribution < 1.29 is 34.0 Å². The molecule has 8 nitrogen and oxygen atoms in total. The van der Waals surface area contributed by atoms with Crippen molar-refractivity contribution in [2.75, 3.05) is 13.2 Å². The van der Waals surface area contributed by atoms with E-state index in [4.69, 9.17) is 37.4 Å². The Morgan fingerprint density at radius 1 is 1.29 bits per heavy atom. The molecule has 2 fully saturated rings. The fraction of sp³-hybridized carbons (Fsp3) is 0.708. The van der Waals surface area contributed by atoms with Gasteiger partial charge in [0.2, 0.25) is 0 Å². The summed E-state index contributed by atoms with van der Waals surface area (Å²) in [6, 6.07) is 0. The molecule has 2 aliphatic heterocycles. The maximum atomic E-state index is 13.1. The summed E-state index contributed by atoms with van der Waals surface area (Å²) < 4.78 is 17.0. The number of nitrogens with zero attached hydrogens (tertiary/aromatic N) is 1. The Balaban J connectivity index is 1.85. The molecule has 0 spiro atoms. The molecule has 1 aromatic heterocycles. The van der Waals surface area contributed by atoms with Crippen molar-refractivity contribution in [1.82, 2.24) is 4.98 Å². The van der Waals surface area contributed by atoms with Crippen LogP contribution in [-0.4, -0.2) is 69.6 Å². The van der Waals surface area contributed by atoms with Crippen molar-refractivity contribution >= 4 is 52.4 Å². The smallest absolute Gasteiger partial charge is 0.309 e. The summed E-state index contributed by atoms with van der Waals surface area (Å²) in [5.74, 6) is -2.25. The van der Waals surface area contributed by atoms with Gasteiger partial charge in [0.25, 0.3) is 0 Å². The van der Waals surface area contributed by atoms with E-state index in [0.717, 1.165) is 5.01 Å². The largest absolute Gasteiger partial charge is 0.456 e. The van der Waals surface area contributed by atoms with Crippen molar-refractivity contribution in [3.05, 3.63) is 21.1 Å². The van der Waals surface area contributed by atoms with Crippen LogP contribution in [-0.2, 0) is 23.8 Å². The lowest BCUT2D eigenvalue weighted by atomic mass is 9.73. The van der Waals surface area contributed by atoms with Gasteiger partial charge in [0.15, 0.2) is 5.06 Å². The Hall–Kier alpha value is -1.07. The number of alkyl halides is 1. The molecule has 0 aromatic carbocycles. The van der Waals surface area contributed by atoms with Crippen molar-refractivity contribution in [2.45, 2.75) is 76.9 Å². The van der Waals surface area contributed by atoms with Crippen molar-refractivity contribution in [2.24, 2.45) is 17.3 Å². The first-order valence-electron chi connectivity index (χ1n) is 11.6. The Morgan fingerprint density at radius 3 is 2.60 bits per heavy atom. The lowest BCUT2D eigenvalue weighted by molar-refractivity contribution is -0.154. The van der Waals surface area contributed by atoms with Crippen LogP contribution in [0.15, 0.2) is 10.4 Å². The summed E-state index contributed by atoms with van der Waals surface area (Å²) >= 11 is 14.5. The summed E-state index contributed by atoms with van der Waals surface area (Å²) in [7, 11) is 0. The topological polar surface area (TPSA) is 118 Å². The van der Waals surface area contributed by atoms with Crippen LogP contribution < -0.4 is 0 Å². The number of thiazole rings is 1. The molecule has 0 unspecified atom stereocenters. The molecule has 0 saturated carbocycles. The molecular weight excluding hydrogens is 517 g/mol. The molecule has 0 aliphatic carbocycles. The minimum absolute atomic E-state index is 0.0517. The summed E-state index contributed by atoms with van der Waals surface area (Å²) in [5, 5.41) is 23.3. The fourth-order valence-electron chi connectivity index (χ4n) is 4.15. The van der Waals surface area contributed by atoms with Crippen molar-refractivity contribution in [1.29, 1.82) is 0 Å². The number of cyclic esters (lactones) is 1. The quantitative estimate of drug-likeness (QED) is 0.325. The second-order valence-electron chi connectivity index (χ2n) is 10.0. The van der Waals surface area contributed by atoms with E-state index in [0.29, 0.717) is 5.69 Å². The van der Waals surface area contributed by atoms with Crippen LogP contribution in [0.1, 0.15) is 51.2 Å². The summed E-state index contributed by atoms with van der Waals surface area (Å²) in [6.07, 6.45) is -2.35. The number of aliphatic hydroxyl groups excluding tert-OH is 2. The third-order valence-corrected chi connectivity index (χ3v) is 8.30. The molecule has 0 radical (unpaired) electrons. The molecule has 2 saturated heterocycles. The highest BCUT2D eigenvalue weighted by Crippen LogP contribution is 2.45. The number of ether oxygens (including phenoxy) is 3. The number of Topliss-reactive ketones (excluding diaryl/α,β-unsaturated/α-hetero) is 1. The highest BCUT2D eigenvalue weighted by atomic mass is 35.5. The van der Waals surface area contributed by atoms with E-state index in [2.05, 4.69) is 4.98 Å². The summed E-state index contributed by atoms with van der Waals surface area (Å²) in [4.78, 5) is 30.3. The van der Waals surface area contributed by atoms with Crippen LogP contribution in [0.5, 0.6) is 0 Å². The van der Waals surface area contributed by atoms with Gasteiger partial charge in [-0.15, -0.1) is 11.3 Å². The minimum atomic E-state index is -1.33. The van der Waals surface area contributed by atoms with E-state index >= 15 is 0 Å². The monoisotopic (exact) mass is 549 g/mol. The van der Waals surface area contributed by atoms with E-state index in [1.54, 1.807) is 33.8 Å². The third kappa shape index (κ3) is 6.83. The van der Waals surface area contributed by atoms with Gasteiger partial charge in [-0.2, -0.15) is 0 Å². The predicted molar refractivity (Wildman–Crippen MR) is 133 cm³/mol. The molecule has 11 heteroatoms. The number of hydrogen-bond acceptors (Lipinski definition) is 9. The van der Waals surface area contributed by atoms with Crippen molar-refractivity contribution in [3.63, 3.8) is 0 Å². The number of halogens is 2. The number of carbonyl (C=O) groups excluding carboxylic acids is 2. The number of epoxide rings is 1. The maximum Gasteiger partial charge on any atom is 0.309 e. The Kier molecular flexibility index (Phi) is 9.06. The van der Waals surface area contributed by atoms with Gasteiger partial charge in [-0.1, -0.05) is 50.9 Å². The number of ketones is 1. The van der Waals surface area contributed by atoms with Crippen molar-refractivity contribution in [3.8, 4) is 0 Å². The van der Waals surface area contributed by atoms with Gasteiger partial charge in [0.1, 0.15) is 18.0 Å². The Morgan fingerprint density at radius 2 is 1.97 bits per heavy atom. The van der Waals surface area contributed by atoms with Crippen LogP contribution in [0.3, 0.4) is 0 Å². The zero-order valence-electron chi connectivity index (χ0n) is 20.5. The van der Waals surface area contributed by atoms with E-state index in [1.165, 1.54) is 11.3 Å². The lowest BCUT2D eigenvalue weighted by Gasteiger charge is -2.34.